The Kier molecular flexibility index (Phi) is 11.1. The molecular weight excluding hydrogens is 544 g/mol. The molecule has 1 aromatic heterocycles. The summed E-state index contributed by atoms with van der Waals surface area (Å²) in [4.78, 5) is 25.8. The van der Waals surface area contributed by atoms with Crippen LogP contribution in [0.15, 0.2) is 29.3 Å². The fraction of sp³-hybridized carbons (Fsp3) is 0.524. The van der Waals surface area contributed by atoms with Crippen LogP contribution in [-0.4, -0.2) is 71.9 Å². The monoisotopic (exact) mass is 575 g/mol. The minimum atomic E-state index is -0.302. The molecule has 0 radical (unpaired) electrons. The van der Waals surface area contributed by atoms with Crippen LogP contribution in [0.5, 0.6) is 0 Å². The number of guanidine groups is 1. The number of aliphatic imine (C=N–C) groups is 1. The van der Waals surface area contributed by atoms with Gasteiger partial charge in [-0.2, -0.15) is 4.37 Å². The van der Waals surface area contributed by atoms with Crippen molar-refractivity contribution < 1.29 is 9.18 Å². The highest BCUT2D eigenvalue weighted by molar-refractivity contribution is 14.0. The van der Waals surface area contributed by atoms with Crippen LogP contribution in [0.2, 0.25) is 0 Å². The standard InChI is InChI=1S/C21H30FN7OS.HI/c1-3-18-26-21(31-27-18)29-13-11-28(12-14-29)20(23-4-2)25-10-9-24-19(30)15-16-5-7-17(22)8-6-16;/h5-8H,3-4,9-15H2,1-2H3,(H,23,25)(H,24,30);1H. The number of carbonyl (C=O) groups excluding carboxylic acids is 1. The van der Waals surface area contributed by atoms with E-state index in [-0.39, 0.29) is 42.1 Å². The van der Waals surface area contributed by atoms with Gasteiger partial charge in [0, 0.05) is 57.2 Å². The van der Waals surface area contributed by atoms with E-state index in [1.807, 2.05) is 6.92 Å². The molecule has 0 atom stereocenters. The normalized spacial score (nSPS) is 14.2. The number of anilines is 1. The van der Waals surface area contributed by atoms with Crippen molar-refractivity contribution in [2.75, 3.05) is 50.7 Å². The first-order valence-corrected chi connectivity index (χ1v) is 11.5. The highest BCUT2D eigenvalue weighted by Gasteiger charge is 2.22. The summed E-state index contributed by atoms with van der Waals surface area (Å²) in [5.74, 6) is 1.37. The summed E-state index contributed by atoms with van der Waals surface area (Å²) in [6.45, 7) is 9.29. The average molecular weight is 575 g/mol. The van der Waals surface area contributed by atoms with Gasteiger partial charge in [0.15, 0.2) is 5.96 Å². The lowest BCUT2D eigenvalue weighted by Gasteiger charge is -2.36. The SMILES string of the molecule is CCNC(=NCCNC(=O)Cc1ccc(F)cc1)N1CCN(c2nc(CC)ns2)CC1.I. The van der Waals surface area contributed by atoms with E-state index in [0.29, 0.717) is 13.1 Å². The zero-order valence-corrected chi connectivity index (χ0v) is 21.7. The number of nitrogens with one attached hydrogen (secondary N) is 2. The number of piperazine rings is 1. The quantitative estimate of drug-likeness (QED) is 0.218. The molecule has 1 aliphatic heterocycles. The molecule has 3 rings (SSSR count). The van der Waals surface area contributed by atoms with Gasteiger partial charge in [-0.25, -0.2) is 9.37 Å². The van der Waals surface area contributed by atoms with E-state index in [4.69, 9.17) is 0 Å². The van der Waals surface area contributed by atoms with E-state index >= 15 is 0 Å². The fourth-order valence-corrected chi connectivity index (χ4v) is 4.06. The van der Waals surface area contributed by atoms with Crippen LogP contribution in [0, 0.1) is 5.82 Å². The minimum absolute atomic E-state index is 0. The number of hydrogen-bond donors (Lipinski definition) is 2. The van der Waals surface area contributed by atoms with Crippen molar-refractivity contribution >= 4 is 52.5 Å². The number of amides is 1. The molecule has 2 aromatic rings. The number of hydrogen-bond acceptors (Lipinski definition) is 6. The lowest BCUT2D eigenvalue weighted by molar-refractivity contribution is -0.120. The van der Waals surface area contributed by atoms with Gasteiger partial charge in [0.1, 0.15) is 11.6 Å². The van der Waals surface area contributed by atoms with E-state index in [1.54, 1.807) is 12.1 Å². The minimum Gasteiger partial charge on any atom is -0.357 e. The molecule has 0 spiro atoms. The summed E-state index contributed by atoms with van der Waals surface area (Å²) < 4.78 is 17.3. The zero-order valence-electron chi connectivity index (χ0n) is 18.5. The Hall–Kier alpha value is -2.02. The van der Waals surface area contributed by atoms with E-state index in [0.717, 1.165) is 61.6 Å². The summed E-state index contributed by atoms with van der Waals surface area (Å²) in [5, 5.41) is 7.20. The molecule has 1 saturated heterocycles. The van der Waals surface area contributed by atoms with Crippen LogP contribution in [0.25, 0.3) is 0 Å². The molecule has 0 aliphatic carbocycles. The average Bonchev–Trinajstić information content (AvgIpc) is 3.27. The topological polar surface area (TPSA) is 85.8 Å². The highest BCUT2D eigenvalue weighted by atomic mass is 127. The molecule has 0 bridgehead atoms. The van der Waals surface area contributed by atoms with Gasteiger partial charge < -0.3 is 20.4 Å². The first kappa shape index (κ1) is 26.2. The summed E-state index contributed by atoms with van der Waals surface area (Å²) in [5.41, 5.74) is 0.787. The van der Waals surface area contributed by atoms with Crippen LogP contribution in [0.3, 0.4) is 0 Å². The van der Waals surface area contributed by atoms with Crippen LogP contribution in [0.4, 0.5) is 9.52 Å². The second kappa shape index (κ2) is 13.5. The van der Waals surface area contributed by atoms with Crippen molar-refractivity contribution in [3.63, 3.8) is 0 Å². The molecule has 8 nitrogen and oxygen atoms in total. The molecule has 2 N–H and O–H groups in total. The number of benzene rings is 1. The van der Waals surface area contributed by atoms with Gasteiger partial charge in [-0.05, 0) is 24.6 Å². The Morgan fingerprint density at radius 2 is 1.88 bits per heavy atom. The maximum absolute atomic E-state index is 13.0. The number of carbonyl (C=O) groups is 1. The Bertz CT molecular complexity index is 869. The molecule has 1 fully saturated rings. The summed E-state index contributed by atoms with van der Waals surface area (Å²) in [6, 6.07) is 5.98. The Labute approximate surface area is 209 Å². The van der Waals surface area contributed by atoms with Crippen LogP contribution in [-0.2, 0) is 17.6 Å². The number of aromatic nitrogens is 2. The first-order valence-electron chi connectivity index (χ1n) is 10.7. The third-order valence-corrected chi connectivity index (χ3v) is 5.75. The Morgan fingerprint density at radius 3 is 2.50 bits per heavy atom. The van der Waals surface area contributed by atoms with Crippen molar-refractivity contribution in [2.45, 2.75) is 26.7 Å². The fourth-order valence-electron chi connectivity index (χ4n) is 3.26. The van der Waals surface area contributed by atoms with Crippen LogP contribution >= 0.6 is 35.5 Å². The zero-order chi connectivity index (χ0) is 22.1. The molecule has 0 saturated carbocycles. The number of nitrogens with zero attached hydrogens (tertiary/aromatic N) is 5. The number of aryl methyl sites for hydroxylation is 1. The third kappa shape index (κ3) is 7.84. The second-order valence-corrected chi connectivity index (χ2v) is 7.94. The summed E-state index contributed by atoms with van der Waals surface area (Å²) >= 11 is 1.46. The van der Waals surface area contributed by atoms with Gasteiger partial charge in [-0.15, -0.1) is 24.0 Å². The van der Waals surface area contributed by atoms with Crippen LogP contribution < -0.4 is 15.5 Å². The van der Waals surface area contributed by atoms with Crippen molar-refractivity contribution in [3.8, 4) is 0 Å². The van der Waals surface area contributed by atoms with E-state index in [9.17, 15) is 9.18 Å². The first-order chi connectivity index (χ1) is 15.1. The molecule has 1 amide bonds. The molecule has 176 valence electrons. The van der Waals surface area contributed by atoms with Crippen molar-refractivity contribution in [1.29, 1.82) is 0 Å². The van der Waals surface area contributed by atoms with E-state index in [2.05, 4.69) is 41.7 Å². The van der Waals surface area contributed by atoms with Gasteiger partial charge in [-0.3, -0.25) is 9.79 Å². The molecular formula is C21H31FIN7OS. The predicted octanol–water partition coefficient (Wildman–Crippen LogP) is 2.30. The summed E-state index contributed by atoms with van der Waals surface area (Å²) in [7, 11) is 0. The third-order valence-electron chi connectivity index (χ3n) is 4.93. The highest BCUT2D eigenvalue weighted by Crippen LogP contribution is 2.19. The van der Waals surface area contributed by atoms with Gasteiger partial charge in [0.05, 0.1) is 13.0 Å². The lowest BCUT2D eigenvalue weighted by Crippen LogP contribution is -2.52. The Balaban J connectivity index is 0.00000363. The van der Waals surface area contributed by atoms with Gasteiger partial charge >= 0.3 is 0 Å². The van der Waals surface area contributed by atoms with Gasteiger partial charge in [0.25, 0.3) is 0 Å². The predicted molar refractivity (Wildman–Crippen MR) is 138 cm³/mol. The maximum atomic E-state index is 13.0. The molecule has 2 heterocycles. The molecule has 0 unspecified atom stereocenters. The van der Waals surface area contributed by atoms with E-state index < -0.39 is 0 Å². The lowest BCUT2D eigenvalue weighted by atomic mass is 10.1. The maximum Gasteiger partial charge on any atom is 0.224 e. The van der Waals surface area contributed by atoms with Crippen LogP contribution in [0.1, 0.15) is 25.2 Å². The van der Waals surface area contributed by atoms with Crippen molar-refractivity contribution in [1.82, 2.24) is 24.9 Å². The Morgan fingerprint density at radius 1 is 1.16 bits per heavy atom. The molecule has 11 heteroatoms. The summed E-state index contributed by atoms with van der Waals surface area (Å²) in [6.07, 6.45) is 1.09. The molecule has 1 aromatic carbocycles. The molecule has 32 heavy (non-hydrogen) atoms. The van der Waals surface area contributed by atoms with Gasteiger partial charge in [-0.1, -0.05) is 19.1 Å². The second-order valence-electron chi connectivity index (χ2n) is 7.21. The molecule has 1 aliphatic rings. The smallest absolute Gasteiger partial charge is 0.224 e. The van der Waals surface area contributed by atoms with Crippen molar-refractivity contribution in [2.24, 2.45) is 4.99 Å². The number of rotatable bonds is 8. The van der Waals surface area contributed by atoms with Crippen molar-refractivity contribution in [3.05, 3.63) is 41.5 Å². The number of halogens is 2. The van der Waals surface area contributed by atoms with Gasteiger partial charge in [0.2, 0.25) is 11.0 Å². The van der Waals surface area contributed by atoms with E-state index in [1.165, 1.54) is 23.7 Å². The largest absolute Gasteiger partial charge is 0.357 e.